The van der Waals surface area contributed by atoms with Crippen LogP contribution in [0.2, 0.25) is 0 Å². The van der Waals surface area contributed by atoms with Crippen molar-refractivity contribution in [2.24, 2.45) is 0 Å². The molecule has 1 fully saturated rings. The lowest BCUT2D eigenvalue weighted by atomic mass is 9.86. The van der Waals surface area contributed by atoms with E-state index >= 15 is 0 Å². The van der Waals surface area contributed by atoms with Gasteiger partial charge in [-0.3, -0.25) is 4.90 Å². The first kappa shape index (κ1) is 16.0. The summed E-state index contributed by atoms with van der Waals surface area (Å²) in [6, 6.07) is 0. The highest BCUT2D eigenvalue weighted by Crippen LogP contribution is 2.45. The molecule has 0 aromatic rings. The van der Waals surface area contributed by atoms with Gasteiger partial charge in [-0.25, -0.2) is 9.59 Å². The standard InChI is InChI=1S/C15H20ClNO4/c1-4-10(16)8-15-6-5-7-17(15)9-11(13(18)20-2)12(15)14(19)21-3/h8H,4-7,9H2,1-3H3. The van der Waals surface area contributed by atoms with Crippen molar-refractivity contribution in [2.75, 3.05) is 27.3 Å². The molecule has 1 saturated heterocycles. The molecule has 2 aliphatic rings. The number of carbonyl (C=O) groups excluding carboxylic acids is 2. The van der Waals surface area contributed by atoms with Gasteiger partial charge in [-0.1, -0.05) is 18.5 Å². The van der Waals surface area contributed by atoms with Gasteiger partial charge in [0.25, 0.3) is 0 Å². The Bertz CT molecular complexity index is 526. The van der Waals surface area contributed by atoms with E-state index in [0.29, 0.717) is 29.1 Å². The smallest absolute Gasteiger partial charge is 0.336 e. The van der Waals surface area contributed by atoms with Crippen LogP contribution in [0.5, 0.6) is 0 Å². The lowest BCUT2D eigenvalue weighted by Crippen LogP contribution is -2.41. The normalized spacial score (nSPS) is 26.0. The summed E-state index contributed by atoms with van der Waals surface area (Å²) in [6.45, 7) is 3.15. The van der Waals surface area contributed by atoms with Gasteiger partial charge in [-0.05, 0) is 31.9 Å². The molecule has 1 atom stereocenters. The fraction of sp³-hybridized carbons (Fsp3) is 0.600. The Hall–Kier alpha value is -1.33. The van der Waals surface area contributed by atoms with Gasteiger partial charge in [0.2, 0.25) is 0 Å². The molecule has 0 aromatic heterocycles. The van der Waals surface area contributed by atoms with Gasteiger partial charge in [0, 0.05) is 11.6 Å². The summed E-state index contributed by atoms with van der Waals surface area (Å²) in [5.41, 5.74) is 0.116. The summed E-state index contributed by atoms with van der Waals surface area (Å²) in [7, 11) is 2.63. The summed E-state index contributed by atoms with van der Waals surface area (Å²) in [5.74, 6) is -0.971. The average Bonchev–Trinajstić information content (AvgIpc) is 3.00. The number of carbonyl (C=O) groups is 2. The molecule has 116 valence electrons. The van der Waals surface area contributed by atoms with Gasteiger partial charge in [-0.15, -0.1) is 0 Å². The van der Waals surface area contributed by atoms with Crippen molar-refractivity contribution in [1.29, 1.82) is 0 Å². The van der Waals surface area contributed by atoms with Gasteiger partial charge in [0.15, 0.2) is 0 Å². The number of ether oxygens (including phenoxy) is 2. The second-order valence-corrected chi connectivity index (χ2v) is 5.72. The van der Waals surface area contributed by atoms with Crippen molar-refractivity contribution in [3.05, 3.63) is 22.3 Å². The maximum Gasteiger partial charge on any atom is 0.336 e. The van der Waals surface area contributed by atoms with E-state index in [-0.39, 0.29) is 0 Å². The maximum absolute atomic E-state index is 12.3. The topological polar surface area (TPSA) is 55.8 Å². The van der Waals surface area contributed by atoms with Crippen LogP contribution < -0.4 is 0 Å². The summed E-state index contributed by atoms with van der Waals surface area (Å²) in [5, 5.41) is 0.675. The van der Waals surface area contributed by atoms with E-state index in [4.69, 9.17) is 21.1 Å². The fourth-order valence-electron chi connectivity index (χ4n) is 3.22. The van der Waals surface area contributed by atoms with Gasteiger partial charge >= 0.3 is 11.9 Å². The molecule has 0 N–H and O–H groups in total. The fourth-order valence-corrected chi connectivity index (χ4v) is 3.40. The first-order valence-electron chi connectivity index (χ1n) is 7.02. The molecule has 0 aromatic carbocycles. The number of rotatable bonds is 4. The van der Waals surface area contributed by atoms with Gasteiger partial charge in [0.05, 0.1) is 30.9 Å². The van der Waals surface area contributed by atoms with E-state index in [1.54, 1.807) is 0 Å². The zero-order valence-electron chi connectivity index (χ0n) is 12.6. The molecule has 0 amide bonds. The molecular weight excluding hydrogens is 294 g/mol. The molecule has 0 radical (unpaired) electrons. The van der Waals surface area contributed by atoms with E-state index in [2.05, 4.69) is 4.90 Å². The molecule has 0 spiro atoms. The van der Waals surface area contributed by atoms with Crippen LogP contribution in [0.4, 0.5) is 0 Å². The Morgan fingerprint density at radius 3 is 2.57 bits per heavy atom. The Morgan fingerprint density at radius 2 is 2.00 bits per heavy atom. The average molecular weight is 314 g/mol. The van der Waals surface area contributed by atoms with Gasteiger partial charge < -0.3 is 9.47 Å². The number of hydrogen-bond acceptors (Lipinski definition) is 5. The van der Waals surface area contributed by atoms with Crippen molar-refractivity contribution in [3.8, 4) is 0 Å². The molecule has 0 saturated carbocycles. The number of hydrogen-bond donors (Lipinski definition) is 0. The molecule has 0 aliphatic carbocycles. The van der Waals surface area contributed by atoms with Crippen molar-refractivity contribution in [1.82, 2.24) is 4.90 Å². The zero-order valence-corrected chi connectivity index (χ0v) is 13.3. The molecule has 0 bridgehead atoms. The van der Waals surface area contributed by atoms with Crippen LogP contribution in [-0.2, 0) is 19.1 Å². The molecule has 1 unspecified atom stereocenters. The third-order valence-corrected chi connectivity index (χ3v) is 4.56. The van der Waals surface area contributed by atoms with E-state index < -0.39 is 17.5 Å². The summed E-state index contributed by atoms with van der Waals surface area (Å²) in [6.07, 6.45) is 4.26. The predicted molar refractivity (Wildman–Crippen MR) is 78.8 cm³/mol. The lowest BCUT2D eigenvalue weighted by Gasteiger charge is -2.31. The Balaban J connectivity index is 2.59. The minimum absolute atomic E-state index is 0.376. The number of fused-ring (bicyclic) bond motifs is 1. The van der Waals surface area contributed by atoms with Crippen LogP contribution in [0.1, 0.15) is 26.2 Å². The van der Waals surface area contributed by atoms with Crippen molar-refractivity contribution < 1.29 is 19.1 Å². The van der Waals surface area contributed by atoms with Crippen LogP contribution in [0.3, 0.4) is 0 Å². The number of esters is 2. The van der Waals surface area contributed by atoms with Gasteiger partial charge in [-0.2, -0.15) is 0 Å². The lowest BCUT2D eigenvalue weighted by molar-refractivity contribution is -0.139. The summed E-state index contributed by atoms with van der Waals surface area (Å²) < 4.78 is 9.72. The van der Waals surface area contributed by atoms with E-state index in [9.17, 15) is 9.59 Å². The first-order valence-corrected chi connectivity index (χ1v) is 7.40. The van der Waals surface area contributed by atoms with Crippen LogP contribution in [0, 0.1) is 0 Å². The number of methoxy groups -OCH3 is 2. The monoisotopic (exact) mass is 313 g/mol. The minimum Gasteiger partial charge on any atom is -0.466 e. The predicted octanol–water partition coefficient (Wildman–Crippen LogP) is 2.01. The molecule has 2 heterocycles. The highest BCUT2D eigenvalue weighted by molar-refractivity contribution is 6.29. The van der Waals surface area contributed by atoms with E-state index in [1.807, 2.05) is 13.0 Å². The summed E-state index contributed by atoms with van der Waals surface area (Å²) >= 11 is 6.22. The van der Waals surface area contributed by atoms with Crippen molar-refractivity contribution >= 4 is 23.5 Å². The van der Waals surface area contributed by atoms with Crippen LogP contribution in [0.15, 0.2) is 22.3 Å². The van der Waals surface area contributed by atoms with Crippen LogP contribution in [0.25, 0.3) is 0 Å². The number of nitrogens with zero attached hydrogens (tertiary/aromatic N) is 1. The van der Waals surface area contributed by atoms with Crippen LogP contribution in [-0.4, -0.2) is 49.7 Å². The van der Waals surface area contributed by atoms with Crippen LogP contribution >= 0.6 is 11.6 Å². The Kier molecular flexibility index (Phi) is 4.74. The number of allylic oxidation sites excluding steroid dienone is 1. The Morgan fingerprint density at radius 1 is 1.33 bits per heavy atom. The third-order valence-electron chi connectivity index (χ3n) is 4.19. The summed E-state index contributed by atoms with van der Waals surface area (Å²) in [4.78, 5) is 26.4. The molecule has 21 heavy (non-hydrogen) atoms. The molecular formula is C15H20ClNO4. The maximum atomic E-state index is 12.3. The van der Waals surface area contributed by atoms with E-state index in [0.717, 1.165) is 19.4 Å². The number of halogens is 1. The minimum atomic E-state index is -0.635. The third kappa shape index (κ3) is 2.60. The second kappa shape index (κ2) is 6.20. The molecule has 5 nitrogen and oxygen atoms in total. The second-order valence-electron chi connectivity index (χ2n) is 5.23. The zero-order chi connectivity index (χ0) is 15.6. The quantitative estimate of drug-likeness (QED) is 0.743. The molecule has 2 aliphatic heterocycles. The molecule has 2 rings (SSSR count). The Labute approximate surface area is 129 Å². The highest BCUT2D eigenvalue weighted by atomic mass is 35.5. The largest absolute Gasteiger partial charge is 0.466 e. The van der Waals surface area contributed by atoms with Gasteiger partial charge in [0.1, 0.15) is 0 Å². The van der Waals surface area contributed by atoms with Crippen molar-refractivity contribution in [2.45, 2.75) is 31.7 Å². The highest BCUT2D eigenvalue weighted by Gasteiger charge is 2.53. The SMILES string of the molecule is CCC(Cl)=CC12CCCN1CC(C(=O)OC)=C2C(=O)OC. The van der Waals surface area contributed by atoms with Crippen molar-refractivity contribution in [3.63, 3.8) is 0 Å². The van der Waals surface area contributed by atoms with E-state index in [1.165, 1.54) is 14.2 Å². The molecule has 6 heteroatoms. The first-order chi connectivity index (χ1) is 10.00.